The third kappa shape index (κ3) is 7.05. The molecule has 9 nitrogen and oxygen atoms in total. The molecule has 192 valence electrons. The number of aryl methyl sites for hydroxylation is 1. The minimum atomic E-state index is -4.12. The normalized spacial score (nSPS) is 12.9. The van der Waals surface area contributed by atoms with Gasteiger partial charge in [-0.15, -0.1) is 0 Å². The van der Waals surface area contributed by atoms with Crippen molar-refractivity contribution in [2.75, 3.05) is 16.6 Å². The van der Waals surface area contributed by atoms with Crippen LogP contribution in [0.25, 0.3) is 0 Å². The Labute approximate surface area is 210 Å². The zero-order valence-corrected chi connectivity index (χ0v) is 21.9. The van der Waals surface area contributed by atoms with Crippen LogP contribution in [0.5, 0.6) is 11.5 Å². The standard InChI is InChI=1S/C24H27FN3O6PS/c1-4-28-12-11-16(13-22(28)29)23(30)26-17-9-10-21(20(15-17)33-5-2)36(31,32)27-18-7-6-8-19(14-18)34-24(3,25)35/h6-15,27H,4-5,35H2,1-3H3,(H,26,30). The zero-order valence-electron chi connectivity index (χ0n) is 19.9. The average molecular weight is 536 g/mol. The van der Waals surface area contributed by atoms with Gasteiger partial charge >= 0.3 is 0 Å². The Morgan fingerprint density at radius 2 is 1.86 bits per heavy atom. The largest absolute Gasteiger partial charge is 0.492 e. The number of aromatic nitrogens is 1. The van der Waals surface area contributed by atoms with Gasteiger partial charge in [-0.25, -0.2) is 8.42 Å². The first-order valence-corrected chi connectivity index (χ1v) is 13.1. The summed E-state index contributed by atoms with van der Waals surface area (Å²) < 4.78 is 54.5. The van der Waals surface area contributed by atoms with E-state index in [1.807, 2.05) is 16.2 Å². The minimum Gasteiger partial charge on any atom is -0.492 e. The van der Waals surface area contributed by atoms with Gasteiger partial charge in [-0.2, -0.15) is 4.39 Å². The molecule has 2 N–H and O–H groups in total. The first-order valence-electron chi connectivity index (χ1n) is 11.0. The van der Waals surface area contributed by atoms with Crippen LogP contribution in [0.1, 0.15) is 31.1 Å². The summed E-state index contributed by atoms with van der Waals surface area (Å²) in [6, 6.07) is 12.7. The maximum atomic E-state index is 13.8. The Balaban J connectivity index is 1.85. The molecule has 1 aromatic heterocycles. The van der Waals surface area contributed by atoms with E-state index in [2.05, 4.69) is 10.0 Å². The van der Waals surface area contributed by atoms with Gasteiger partial charge in [0.2, 0.25) is 0 Å². The number of carbonyl (C=O) groups excluding carboxylic acids is 1. The van der Waals surface area contributed by atoms with E-state index in [-0.39, 0.29) is 45.5 Å². The molecule has 0 aliphatic rings. The fourth-order valence-corrected chi connectivity index (χ4v) is 4.57. The number of benzene rings is 2. The van der Waals surface area contributed by atoms with E-state index in [1.54, 1.807) is 6.92 Å². The maximum absolute atomic E-state index is 13.8. The second-order valence-corrected chi connectivity index (χ2v) is 10.5. The van der Waals surface area contributed by atoms with Crippen LogP contribution in [0, 0.1) is 0 Å². The summed E-state index contributed by atoms with van der Waals surface area (Å²) in [6.07, 6.45) is 1.53. The first kappa shape index (κ1) is 27.2. The minimum absolute atomic E-state index is 0.0119. The number of hydrogen-bond donors (Lipinski definition) is 2. The van der Waals surface area contributed by atoms with Crippen molar-refractivity contribution in [3.8, 4) is 11.5 Å². The molecule has 2 aromatic carbocycles. The molecular weight excluding hydrogens is 508 g/mol. The quantitative estimate of drug-likeness (QED) is 0.376. The smallest absolute Gasteiger partial charge is 0.265 e. The molecule has 1 heterocycles. The lowest BCUT2D eigenvalue weighted by Gasteiger charge is -2.18. The first-order chi connectivity index (χ1) is 16.9. The van der Waals surface area contributed by atoms with Gasteiger partial charge in [0, 0.05) is 49.1 Å². The summed E-state index contributed by atoms with van der Waals surface area (Å²) in [5.41, 5.74) is -1.73. The van der Waals surface area contributed by atoms with Crippen LogP contribution in [0.4, 0.5) is 15.8 Å². The Morgan fingerprint density at radius 3 is 2.50 bits per heavy atom. The number of alkyl halides is 1. The van der Waals surface area contributed by atoms with E-state index >= 15 is 0 Å². The highest BCUT2D eigenvalue weighted by Gasteiger charge is 2.22. The van der Waals surface area contributed by atoms with Crippen LogP contribution in [0.15, 0.2) is 70.5 Å². The van der Waals surface area contributed by atoms with E-state index in [0.717, 1.165) is 0 Å². The topological polar surface area (TPSA) is 116 Å². The summed E-state index contributed by atoms with van der Waals surface area (Å²) in [5.74, 6) is -0.389. The average Bonchev–Trinajstić information content (AvgIpc) is 2.78. The van der Waals surface area contributed by atoms with Crippen molar-refractivity contribution in [3.05, 3.63) is 76.7 Å². The molecule has 0 saturated carbocycles. The molecule has 0 aliphatic heterocycles. The lowest BCUT2D eigenvalue weighted by atomic mass is 10.2. The van der Waals surface area contributed by atoms with Gasteiger partial charge < -0.3 is 19.4 Å². The second-order valence-electron chi connectivity index (χ2n) is 7.81. The van der Waals surface area contributed by atoms with Crippen molar-refractivity contribution < 1.29 is 27.1 Å². The number of nitrogens with zero attached hydrogens (tertiary/aromatic N) is 1. The van der Waals surface area contributed by atoms with E-state index in [4.69, 9.17) is 9.47 Å². The van der Waals surface area contributed by atoms with Crippen LogP contribution in [0.2, 0.25) is 0 Å². The molecule has 12 heteroatoms. The molecule has 0 radical (unpaired) electrons. The fourth-order valence-electron chi connectivity index (χ4n) is 3.25. The van der Waals surface area contributed by atoms with Crippen LogP contribution < -0.4 is 25.1 Å². The third-order valence-electron chi connectivity index (χ3n) is 4.79. The van der Waals surface area contributed by atoms with Crippen LogP contribution in [-0.4, -0.2) is 31.1 Å². The monoisotopic (exact) mass is 535 g/mol. The molecule has 0 bridgehead atoms. The van der Waals surface area contributed by atoms with Gasteiger partial charge in [-0.3, -0.25) is 14.3 Å². The van der Waals surface area contributed by atoms with Crippen LogP contribution in [0.3, 0.4) is 0 Å². The summed E-state index contributed by atoms with van der Waals surface area (Å²) in [4.78, 5) is 24.5. The Morgan fingerprint density at radius 1 is 1.11 bits per heavy atom. The van der Waals surface area contributed by atoms with Crippen molar-refractivity contribution in [3.63, 3.8) is 0 Å². The van der Waals surface area contributed by atoms with Gasteiger partial charge in [0.15, 0.2) is 0 Å². The number of halogens is 1. The molecule has 0 fully saturated rings. The molecule has 2 atom stereocenters. The van der Waals surface area contributed by atoms with Gasteiger partial charge in [-0.1, -0.05) is 15.3 Å². The lowest BCUT2D eigenvalue weighted by Crippen LogP contribution is -2.21. The number of anilines is 2. The van der Waals surface area contributed by atoms with Crippen molar-refractivity contribution >= 4 is 36.5 Å². The van der Waals surface area contributed by atoms with E-state index in [0.29, 0.717) is 6.54 Å². The zero-order chi connectivity index (χ0) is 26.5. The number of hydrogen-bond acceptors (Lipinski definition) is 6. The Kier molecular flexibility index (Phi) is 8.37. The molecule has 0 spiro atoms. The van der Waals surface area contributed by atoms with Crippen molar-refractivity contribution in [2.45, 2.75) is 37.8 Å². The van der Waals surface area contributed by atoms with E-state index < -0.39 is 21.5 Å². The molecular formula is C24H27FN3O6PS. The Hall–Kier alpha value is -3.43. The summed E-state index contributed by atoms with van der Waals surface area (Å²) in [6.45, 7) is 5.35. The molecule has 1 amide bonds. The van der Waals surface area contributed by atoms with Gasteiger partial charge in [0.1, 0.15) is 16.4 Å². The highest BCUT2D eigenvalue weighted by atomic mass is 32.2. The van der Waals surface area contributed by atoms with Gasteiger partial charge in [0.05, 0.1) is 12.3 Å². The number of amides is 1. The highest BCUT2D eigenvalue weighted by Crippen LogP contribution is 2.31. The number of ether oxygens (including phenoxy) is 2. The Bertz CT molecular complexity index is 1420. The summed E-state index contributed by atoms with van der Waals surface area (Å²) >= 11 is 0. The van der Waals surface area contributed by atoms with Crippen LogP contribution in [-0.2, 0) is 16.6 Å². The predicted molar refractivity (Wildman–Crippen MR) is 139 cm³/mol. The summed E-state index contributed by atoms with van der Waals surface area (Å²) in [5, 5.41) is 2.64. The van der Waals surface area contributed by atoms with Gasteiger partial charge in [-0.05, 0) is 44.2 Å². The molecule has 2 unspecified atom stereocenters. The summed E-state index contributed by atoms with van der Waals surface area (Å²) in [7, 11) is -2.23. The SMILES string of the molecule is CCOc1cc(NC(=O)c2ccn(CC)c(=O)c2)ccc1S(=O)(=O)Nc1cccc(OC(C)(F)P)c1. The number of sulfonamides is 1. The molecule has 36 heavy (non-hydrogen) atoms. The highest BCUT2D eigenvalue weighted by molar-refractivity contribution is 7.92. The molecule has 0 aliphatic carbocycles. The number of carbonyl (C=O) groups is 1. The third-order valence-corrected chi connectivity index (χ3v) is 6.33. The van der Waals surface area contributed by atoms with Crippen molar-refractivity contribution in [1.29, 1.82) is 0 Å². The van der Waals surface area contributed by atoms with E-state index in [1.165, 1.54) is 72.3 Å². The lowest BCUT2D eigenvalue weighted by molar-refractivity contribution is 0.0473. The molecule has 3 rings (SSSR count). The number of nitrogens with one attached hydrogen (secondary N) is 2. The van der Waals surface area contributed by atoms with Gasteiger partial charge in [0.25, 0.3) is 27.1 Å². The molecule has 0 saturated heterocycles. The van der Waals surface area contributed by atoms with Crippen molar-refractivity contribution in [1.82, 2.24) is 4.57 Å². The number of pyridine rings is 1. The van der Waals surface area contributed by atoms with Crippen molar-refractivity contribution in [2.24, 2.45) is 0 Å². The number of rotatable bonds is 10. The second kappa shape index (κ2) is 11.1. The fraction of sp³-hybridized carbons (Fsp3) is 0.250. The maximum Gasteiger partial charge on any atom is 0.265 e. The van der Waals surface area contributed by atoms with E-state index in [9.17, 15) is 22.4 Å². The predicted octanol–water partition coefficient (Wildman–Crippen LogP) is 4.22. The molecule has 3 aromatic rings. The van der Waals surface area contributed by atoms with Crippen LogP contribution >= 0.6 is 9.24 Å².